The number of fused-ring (bicyclic) bond motifs is 1. The predicted octanol–water partition coefficient (Wildman–Crippen LogP) is 6.46. The third-order valence-corrected chi connectivity index (χ3v) is 6.58. The molecule has 3 aromatic carbocycles. The summed E-state index contributed by atoms with van der Waals surface area (Å²) >= 11 is 0. The third-order valence-electron chi connectivity index (χ3n) is 5.01. The average molecular weight is 517 g/mol. The summed E-state index contributed by atoms with van der Waals surface area (Å²) in [5.74, 6) is -15.5. The molecule has 0 fully saturated rings. The quantitative estimate of drug-likeness (QED) is 0.162. The number of rotatable bonds is 7. The number of halogens is 5. The Morgan fingerprint density at radius 1 is 0.886 bits per heavy atom. The van der Waals surface area contributed by atoms with Crippen LogP contribution in [-0.2, 0) is 14.8 Å². The first kappa shape index (κ1) is 26.4. The van der Waals surface area contributed by atoms with Crippen molar-refractivity contribution < 1.29 is 45.5 Å². The Hall–Kier alpha value is -3.17. The van der Waals surface area contributed by atoms with Crippen LogP contribution in [0.3, 0.4) is 0 Å². The lowest BCUT2D eigenvalue weighted by atomic mass is 9.83. The lowest BCUT2D eigenvalue weighted by Gasteiger charge is -2.25. The molecule has 12 heteroatoms. The summed E-state index contributed by atoms with van der Waals surface area (Å²) in [5.41, 5.74) is 0.534. The van der Waals surface area contributed by atoms with E-state index < -0.39 is 54.6 Å². The molecule has 3 rings (SSSR count). The Balaban J connectivity index is 2.17. The largest absolute Gasteiger partial charge is 0.513 e. The van der Waals surface area contributed by atoms with Crippen LogP contribution in [0.2, 0.25) is 0 Å². The molecule has 0 saturated heterocycles. The maximum Gasteiger partial charge on any atom is 0.513 e. The summed E-state index contributed by atoms with van der Waals surface area (Å²) in [5, 5.41) is 12.2. The van der Waals surface area contributed by atoms with Crippen molar-refractivity contribution in [3.05, 3.63) is 71.0 Å². The summed E-state index contributed by atoms with van der Waals surface area (Å²) in [6, 6.07) is 8.05. The number of nitrogens with one attached hydrogen (secondary N) is 1. The molecule has 0 aromatic heterocycles. The van der Waals surface area contributed by atoms with Gasteiger partial charge in [0, 0.05) is 5.39 Å². The zero-order chi connectivity index (χ0) is 26.3. The normalized spacial score (nSPS) is 14.4. The van der Waals surface area contributed by atoms with E-state index in [0.717, 1.165) is 12.5 Å². The summed E-state index contributed by atoms with van der Waals surface area (Å²) < 4.78 is 92.9. The molecule has 0 saturated carbocycles. The molecule has 2 atom stereocenters. The van der Waals surface area contributed by atoms with E-state index in [4.69, 9.17) is 9.05 Å². The smallest absolute Gasteiger partial charge is 0.480 e. The van der Waals surface area contributed by atoms with Crippen LogP contribution in [0.1, 0.15) is 33.3 Å². The minimum atomic E-state index is -5.11. The molecule has 0 heterocycles. The SMILES string of the molecule is C[C@H](NP(=O)(Oc1c(F)c(F)c(F)c(F)c1F)Oc1ccc(C(C)(C)C)c2ccccc12)C(=O)O. The zero-order valence-corrected chi connectivity index (χ0v) is 19.9. The average Bonchev–Trinajstić information content (AvgIpc) is 2.78. The van der Waals surface area contributed by atoms with Gasteiger partial charge >= 0.3 is 13.7 Å². The Morgan fingerprint density at radius 2 is 1.40 bits per heavy atom. The van der Waals surface area contributed by atoms with E-state index in [2.05, 4.69) is 0 Å². The van der Waals surface area contributed by atoms with Gasteiger partial charge in [-0.1, -0.05) is 51.1 Å². The maximum absolute atomic E-state index is 14.2. The van der Waals surface area contributed by atoms with Crippen LogP contribution in [0.15, 0.2) is 36.4 Å². The second-order valence-corrected chi connectivity index (χ2v) is 10.3. The highest BCUT2D eigenvalue weighted by Gasteiger charge is 2.38. The van der Waals surface area contributed by atoms with E-state index in [1.807, 2.05) is 25.9 Å². The highest BCUT2D eigenvalue weighted by Crippen LogP contribution is 2.49. The van der Waals surface area contributed by atoms with Gasteiger partial charge in [-0.15, -0.1) is 0 Å². The Labute approximate surface area is 197 Å². The van der Waals surface area contributed by atoms with Crippen molar-refractivity contribution in [1.29, 1.82) is 0 Å². The summed E-state index contributed by atoms with van der Waals surface area (Å²) in [6.07, 6.45) is 0. The maximum atomic E-state index is 14.2. The number of hydrogen-bond donors (Lipinski definition) is 2. The second kappa shape index (κ2) is 9.47. The van der Waals surface area contributed by atoms with Crippen LogP contribution >= 0.6 is 7.75 Å². The van der Waals surface area contributed by atoms with Gasteiger partial charge in [-0.3, -0.25) is 4.79 Å². The fourth-order valence-corrected chi connectivity index (χ4v) is 4.83. The topological polar surface area (TPSA) is 84.9 Å². The standard InChI is InChI=1S/C23H21F5NO5P/c1-11(22(30)31)29-35(32,34-21-19(27)17(25)16(24)18(26)20(21)28)33-15-10-9-14(23(2,3)4)12-7-5-6-8-13(12)15/h5-11H,1-4H3,(H,29,32)(H,30,31)/t11-,35?/m0/s1. The molecular formula is C23H21F5NO5P. The molecule has 2 N–H and O–H groups in total. The van der Waals surface area contributed by atoms with E-state index in [1.165, 1.54) is 6.07 Å². The Bertz CT molecular complexity index is 1330. The minimum absolute atomic E-state index is 0.147. The first-order valence-electron chi connectivity index (χ1n) is 10.2. The highest BCUT2D eigenvalue weighted by atomic mass is 31.2. The number of benzene rings is 3. The molecule has 6 nitrogen and oxygen atoms in total. The number of carboxylic acids is 1. The van der Waals surface area contributed by atoms with Gasteiger partial charge in [0.15, 0.2) is 0 Å². The van der Waals surface area contributed by atoms with Gasteiger partial charge in [0.05, 0.1) is 0 Å². The number of carbonyl (C=O) groups is 1. The van der Waals surface area contributed by atoms with Gasteiger partial charge in [0.1, 0.15) is 11.8 Å². The molecule has 0 spiro atoms. The molecule has 35 heavy (non-hydrogen) atoms. The summed E-state index contributed by atoms with van der Waals surface area (Å²) in [6.45, 7) is 6.86. The van der Waals surface area contributed by atoms with E-state index >= 15 is 0 Å². The van der Waals surface area contributed by atoms with Crippen molar-refractivity contribution in [2.75, 3.05) is 0 Å². The van der Waals surface area contributed by atoms with Gasteiger partial charge in [-0.25, -0.2) is 17.7 Å². The fourth-order valence-electron chi connectivity index (χ4n) is 3.28. The minimum Gasteiger partial charge on any atom is -0.480 e. The number of aliphatic carboxylic acids is 1. The Morgan fingerprint density at radius 3 is 1.91 bits per heavy atom. The lowest BCUT2D eigenvalue weighted by Crippen LogP contribution is -2.34. The van der Waals surface area contributed by atoms with Crippen LogP contribution in [-0.4, -0.2) is 17.1 Å². The predicted molar refractivity (Wildman–Crippen MR) is 118 cm³/mol. The van der Waals surface area contributed by atoms with Gasteiger partial charge in [0.25, 0.3) is 0 Å². The lowest BCUT2D eigenvalue weighted by molar-refractivity contribution is -0.138. The van der Waals surface area contributed by atoms with E-state index in [-0.39, 0.29) is 11.2 Å². The van der Waals surface area contributed by atoms with Crippen LogP contribution in [0.5, 0.6) is 11.5 Å². The monoisotopic (exact) mass is 517 g/mol. The molecule has 0 aliphatic carbocycles. The molecular weight excluding hydrogens is 496 g/mol. The fraction of sp³-hybridized carbons (Fsp3) is 0.261. The van der Waals surface area contributed by atoms with Crippen molar-refractivity contribution in [1.82, 2.24) is 5.09 Å². The van der Waals surface area contributed by atoms with Crippen molar-refractivity contribution in [3.63, 3.8) is 0 Å². The van der Waals surface area contributed by atoms with Crippen molar-refractivity contribution >= 4 is 24.5 Å². The van der Waals surface area contributed by atoms with Crippen LogP contribution in [0, 0.1) is 29.1 Å². The highest BCUT2D eigenvalue weighted by molar-refractivity contribution is 7.52. The first-order chi connectivity index (χ1) is 16.2. The zero-order valence-electron chi connectivity index (χ0n) is 19.0. The first-order valence-corrected chi connectivity index (χ1v) is 11.7. The van der Waals surface area contributed by atoms with Crippen LogP contribution < -0.4 is 14.1 Å². The number of hydrogen-bond acceptors (Lipinski definition) is 4. The van der Waals surface area contributed by atoms with E-state index in [9.17, 15) is 36.4 Å². The van der Waals surface area contributed by atoms with Gasteiger partial charge in [-0.05, 0) is 29.4 Å². The van der Waals surface area contributed by atoms with Crippen molar-refractivity contribution in [2.24, 2.45) is 0 Å². The third kappa shape index (κ3) is 5.26. The molecule has 0 radical (unpaired) electrons. The Kier molecular flexibility index (Phi) is 7.15. The summed E-state index contributed by atoms with van der Waals surface area (Å²) in [7, 11) is -5.11. The van der Waals surface area contributed by atoms with Gasteiger partial charge < -0.3 is 14.2 Å². The molecule has 0 amide bonds. The second-order valence-electron chi connectivity index (χ2n) is 8.67. The molecule has 0 aliphatic heterocycles. The molecule has 0 bridgehead atoms. The van der Waals surface area contributed by atoms with Gasteiger partial charge in [0.2, 0.25) is 34.8 Å². The van der Waals surface area contributed by atoms with Crippen LogP contribution in [0.25, 0.3) is 10.8 Å². The molecule has 3 aromatic rings. The molecule has 188 valence electrons. The van der Waals surface area contributed by atoms with Crippen molar-refractivity contribution in [2.45, 2.75) is 39.2 Å². The van der Waals surface area contributed by atoms with E-state index in [0.29, 0.717) is 10.8 Å². The number of carboxylic acid groups (broad SMARTS) is 1. The van der Waals surface area contributed by atoms with Crippen molar-refractivity contribution in [3.8, 4) is 11.5 Å². The molecule has 0 aliphatic rings. The van der Waals surface area contributed by atoms with Gasteiger partial charge in [-0.2, -0.15) is 13.9 Å². The van der Waals surface area contributed by atoms with Crippen LogP contribution in [0.4, 0.5) is 22.0 Å². The van der Waals surface area contributed by atoms with E-state index in [1.54, 1.807) is 30.3 Å². The summed E-state index contributed by atoms with van der Waals surface area (Å²) in [4.78, 5) is 11.3. The molecule has 1 unspecified atom stereocenters.